The highest BCUT2D eigenvalue weighted by atomic mass is 19.4. The van der Waals surface area contributed by atoms with Crippen LogP contribution in [0.2, 0.25) is 0 Å². The lowest BCUT2D eigenvalue weighted by Gasteiger charge is -2.23. The van der Waals surface area contributed by atoms with E-state index in [4.69, 9.17) is 5.84 Å². The van der Waals surface area contributed by atoms with E-state index in [1.54, 1.807) is 6.07 Å². The van der Waals surface area contributed by atoms with Gasteiger partial charge in [0.15, 0.2) is 0 Å². The molecule has 1 atom stereocenters. The Hall–Kier alpha value is -1.11. The molecule has 0 fully saturated rings. The Bertz CT molecular complexity index is 403. The first-order valence-electron chi connectivity index (χ1n) is 6.78. The third-order valence-corrected chi connectivity index (χ3v) is 3.45. The van der Waals surface area contributed by atoms with Crippen molar-refractivity contribution >= 4 is 0 Å². The first kappa shape index (κ1) is 16.9. The average molecular weight is 289 g/mol. The summed E-state index contributed by atoms with van der Waals surface area (Å²) in [4.78, 5) is 2.21. The first-order valence-corrected chi connectivity index (χ1v) is 6.78. The molecule has 1 unspecified atom stereocenters. The van der Waals surface area contributed by atoms with Crippen LogP contribution in [-0.2, 0) is 6.18 Å². The summed E-state index contributed by atoms with van der Waals surface area (Å²) in [7, 11) is 0. The zero-order valence-corrected chi connectivity index (χ0v) is 11.9. The highest BCUT2D eigenvalue weighted by Gasteiger charge is 2.30. The third kappa shape index (κ3) is 4.77. The van der Waals surface area contributed by atoms with Gasteiger partial charge in [-0.15, -0.1) is 0 Å². The molecule has 20 heavy (non-hydrogen) atoms. The minimum Gasteiger partial charge on any atom is -0.304 e. The fraction of sp³-hybridized carbons (Fsp3) is 0.571. The topological polar surface area (TPSA) is 41.3 Å². The van der Waals surface area contributed by atoms with E-state index in [1.807, 2.05) is 0 Å². The van der Waals surface area contributed by atoms with Gasteiger partial charge in [0.25, 0.3) is 0 Å². The Morgan fingerprint density at radius 3 is 2.40 bits per heavy atom. The molecule has 0 bridgehead atoms. The minimum atomic E-state index is -4.33. The summed E-state index contributed by atoms with van der Waals surface area (Å²) in [5.74, 6) is 5.48. The zero-order chi connectivity index (χ0) is 15.2. The summed E-state index contributed by atoms with van der Waals surface area (Å²) in [6, 6.07) is 5.04. The molecular formula is C14H22F3N3. The van der Waals surface area contributed by atoms with E-state index < -0.39 is 11.7 Å². The Balaban J connectivity index is 2.79. The Labute approximate surface area is 117 Å². The number of halogens is 3. The maximum atomic E-state index is 12.7. The molecule has 0 saturated heterocycles. The number of nitrogens with one attached hydrogen (secondary N) is 1. The van der Waals surface area contributed by atoms with Crippen molar-refractivity contribution in [3.05, 3.63) is 35.4 Å². The lowest BCUT2D eigenvalue weighted by molar-refractivity contribution is -0.137. The van der Waals surface area contributed by atoms with E-state index in [0.29, 0.717) is 12.0 Å². The van der Waals surface area contributed by atoms with Gasteiger partial charge < -0.3 is 4.90 Å². The SMILES string of the molecule is CCN(CC)CCC(NN)c1cccc(C(F)(F)F)c1. The Morgan fingerprint density at radius 2 is 1.90 bits per heavy atom. The van der Waals surface area contributed by atoms with Gasteiger partial charge in [-0.3, -0.25) is 11.3 Å². The van der Waals surface area contributed by atoms with Gasteiger partial charge in [-0.05, 0) is 43.8 Å². The average Bonchev–Trinajstić information content (AvgIpc) is 2.43. The summed E-state index contributed by atoms with van der Waals surface area (Å²) in [5, 5.41) is 0. The van der Waals surface area contributed by atoms with E-state index in [-0.39, 0.29) is 6.04 Å². The molecule has 0 aliphatic rings. The van der Waals surface area contributed by atoms with Gasteiger partial charge in [0.1, 0.15) is 0 Å². The lowest BCUT2D eigenvalue weighted by Crippen LogP contribution is -2.32. The van der Waals surface area contributed by atoms with Crippen LogP contribution in [0.25, 0.3) is 0 Å². The first-order chi connectivity index (χ1) is 9.42. The van der Waals surface area contributed by atoms with Crippen molar-refractivity contribution in [2.75, 3.05) is 19.6 Å². The number of hydrogen-bond donors (Lipinski definition) is 2. The van der Waals surface area contributed by atoms with E-state index in [0.717, 1.165) is 31.8 Å². The zero-order valence-electron chi connectivity index (χ0n) is 11.9. The maximum absolute atomic E-state index is 12.7. The van der Waals surface area contributed by atoms with E-state index in [1.165, 1.54) is 6.07 Å². The molecule has 0 heterocycles. The van der Waals surface area contributed by atoms with Gasteiger partial charge in [-0.2, -0.15) is 13.2 Å². The second-order valence-corrected chi connectivity index (χ2v) is 4.66. The molecule has 6 heteroatoms. The van der Waals surface area contributed by atoms with Crippen LogP contribution in [0.5, 0.6) is 0 Å². The summed E-state index contributed by atoms with van der Waals surface area (Å²) in [6.07, 6.45) is -3.66. The monoisotopic (exact) mass is 289 g/mol. The molecule has 0 aliphatic carbocycles. The van der Waals surface area contributed by atoms with E-state index in [2.05, 4.69) is 24.2 Å². The predicted molar refractivity (Wildman–Crippen MR) is 73.9 cm³/mol. The van der Waals surface area contributed by atoms with Gasteiger partial charge in [0.2, 0.25) is 0 Å². The molecule has 0 saturated carbocycles. The van der Waals surface area contributed by atoms with Crippen LogP contribution in [0.1, 0.15) is 37.4 Å². The van der Waals surface area contributed by atoms with Crippen LogP contribution in [0.4, 0.5) is 13.2 Å². The third-order valence-electron chi connectivity index (χ3n) is 3.45. The van der Waals surface area contributed by atoms with Gasteiger partial charge >= 0.3 is 6.18 Å². The van der Waals surface area contributed by atoms with Crippen LogP contribution >= 0.6 is 0 Å². The molecule has 0 radical (unpaired) electrons. The van der Waals surface area contributed by atoms with Gasteiger partial charge in [-0.1, -0.05) is 26.0 Å². The number of hydrogen-bond acceptors (Lipinski definition) is 3. The van der Waals surface area contributed by atoms with Crippen molar-refractivity contribution in [1.82, 2.24) is 10.3 Å². The van der Waals surface area contributed by atoms with Crippen molar-refractivity contribution in [1.29, 1.82) is 0 Å². The minimum absolute atomic E-state index is 0.280. The fourth-order valence-electron chi connectivity index (χ4n) is 2.13. The molecule has 1 aromatic rings. The molecule has 0 aliphatic heterocycles. The molecule has 3 N–H and O–H groups in total. The van der Waals surface area contributed by atoms with Crippen molar-refractivity contribution in [2.24, 2.45) is 5.84 Å². The second-order valence-electron chi connectivity index (χ2n) is 4.66. The number of hydrazine groups is 1. The Morgan fingerprint density at radius 1 is 1.25 bits per heavy atom. The van der Waals surface area contributed by atoms with Gasteiger partial charge in [0.05, 0.1) is 5.56 Å². The summed E-state index contributed by atoms with van der Waals surface area (Å²) >= 11 is 0. The molecule has 0 amide bonds. The van der Waals surface area contributed by atoms with Crippen molar-refractivity contribution in [3.8, 4) is 0 Å². The normalized spacial score (nSPS) is 13.8. The van der Waals surface area contributed by atoms with Gasteiger partial charge in [-0.25, -0.2) is 0 Å². The molecule has 3 nitrogen and oxygen atoms in total. The summed E-state index contributed by atoms with van der Waals surface area (Å²) in [6.45, 7) is 6.72. The summed E-state index contributed by atoms with van der Waals surface area (Å²) < 4.78 is 38.1. The number of nitrogens with zero attached hydrogens (tertiary/aromatic N) is 1. The predicted octanol–water partition coefficient (Wildman–Crippen LogP) is 2.94. The van der Waals surface area contributed by atoms with Crippen molar-refractivity contribution in [3.63, 3.8) is 0 Å². The number of benzene rings is 1. The van der Waals surface area contributed by atoms with E-state index >= 15 is 0 Å². The molecule has 0 aromatic heterocycles. The highest BCUT2D eigenvalue weighted by molar-refractivity contribution is 5.27. The number of rotatable bonds is 7. The Kier molecular flexibility index (Phi) is 6.45. The van der Waals surface area contributed by atoms with Crippen LogP contribution in [-0.4, -0.2) is 24.5 Å². The molecule has 114 valence electrons. The summed E-state index contributed by atoms with van der Waals surface area (Å²) in [5.41, 5.74) is 2.53. The smallest absolute Gasteiger partial charge is 0.304 e. The highest BCUT2D eigenvalue weighted by Crippen LogP contribution is 2.31. The lowest BCUT2D eigenvalue weighted by atomic mass is 10.0. The van der Waals surface area contributed by atoms with Crippen molar-refractivity contribution < 1.29 is 13.2 Å². The molecule has 1 aromatic carbocycles. The standard InChI is InChI=1S/C14H22F3N3/c1-3-20(4-2)9-8-13(19-18)11-6-5-7-12(10-11)14(15,16)17/h5-7,10,13,19H,3-4,8-9,18H2,1-2H3. The van der Waals surface area contributed by atoms with Crippen molar-refractivity contribution in [2.45, 2.75) is 32.5 Å². The molecule has 0 spiro atoms. The van der Waals surface area contributed by atoms with E-state index in [9.17, 15) is 13.2 Å². The molecule has 1 rings (SSSR count). The van der Waals surface area contributed by atoms with Crippen LogP contribution in [0, 0.1) is 0 Å². The number of nitrogens with two attached hydrogens (primary N) is 1. The van der Waals surface area contributed by atoms with Crippen LogP contribution in [0.3, 0.4) is 0 Å². The maximum Gasteiger partial charge on any atom is 0.416 e. The largest absolute Gasteiger partial charge is 0.416 e. The van der Waals surface area contributed by atoms with Crippen LogP contribution in [0.15, 0.2) is 24.3 Å². The molecular weight excluding hydrogens is 267 g/mol. The number of alkyl halides is 3. The quantitative estimate of drug-likeness (QED) is 0.599. The van der Waals surface area contributed by atoms with Gasteiger partial charge in [0, 0.05) is 6.04 Å². The fourth-order valence-corrected chi connectivity index (χ4v) is 2.13. The van der Waals surface area contributed by atoms with Crippen LogP contribution < -0.4 is 11.3 Å². The second kappa shape index (κ2) is 7.61.